The summed E-state index contributed by atoms with van der Waals surface area (Å²) in [6, 6.07) is 14.9. The van der Waals surface area contributed by atoms with Crippen LogP contribution in [0.5, 0.6) is 0 Å². The van der Waals surface area contributed by atoms with E-state index in [-0.39, 0.29) is 16.1 Å². The first-order valence-electron chi connectivity index (χ1n) is 8.54. The molecule has 4 nitrogen and oxygen atoms in total. The molecule has 0 saturated carbocycles. The van der Waals surface area contributed by atoms with E-state index in [0.29, 0.717) is 5.69 Å². The van der Waals surface area contributed by atoms with Crippen LogP contribution in [0.15, 0.2) is 73.1 Å². The van der Waals surface area contributed by atoms with E-state index in [0.717, 1.165) is 6.07 Å². The highest BCUT2D eigenvalue weighted by Crippen LogP contribution is 2.39. The van der Waals surface area contributed by atoms with Crippen molar-refractivity contribution < 1.29 is 22.7 Å². The fraction of sp³-hybridized carbons (Fsp3) is 0.143. The first-order valence-corrected chi connectivity index (χ1v) is 8.91. The largest absolute Gasteiger partial charge is 0.436 e. The van der Waals surface area contributed by atoms with Gasteiger partial charge in [0.1, 0.15) is 0 Å². The number of aromatic nitrogens is 1. The molecule has 0 spiro atoms. The molecule has 3 rings (SSSR count). The fourth-order valence-corrected chi connectivity index (χ4v) is 3.00. The third-order valence-electron chi connectivity index (χ3n) is 4.26. The van der Waals surface area contributed by atoms with Crippen LogP contribution in [-0.2, 0) is 10.9 Å². The Bertz CT molecular complexity index is 996. The number of hydrogen-bond donors (Lipinski definition) is 0. The van der Waals surface area contributed by atoms with Gasteiger partial charge < -0.3 is 4.74 Å². The van der Waals surface area contributed by atoms with E-state index in [9.17, 15) is 18.0 Å². The average molecular weight is 421 g/mol. The number of halogens is 4. The van der Waals surface area contributed by atoms with Crippen LogP contribution in [0.3, 0.4) is 0 Å². The Kier molecular flexibility index (Phi) is 6.08. The monoisotopic (exact) mass is 420 g/mol. The minimum atomic E-state index is -4.64. The maximum Gasteiger partial charge on any atom is 0.416 e. The van der Waals surface area contributed by atoms with Crippen LogP contribution in [0.4, 0.5) is 23.7 Å². The topological polar surface area (TPSA) is 42.4 Å². The number of pyridine rings is 1. The molecule has 0 aliphatic carbocycles. The lowest BCUT2D eigenvalue weighted by molar-refractivity contribution is -0.139. The number of nitrogens with zero attached hydrogens (tertiary/aromatic N) is 2. The SMILES string of the molecule is CN(C(=O)OC(c1cnccc1Cl)c1ccccc1C(F)(F)F)c1ccccc1. The number of hydrogen-bond acceptors (Lipinski definition) is 3. The molecule has 2 aromatic carbocycles. The molecule has 1 aromatic heterocycles. The molecule has 3 aromatic rings. The zero-order valence-electron chi connectivity index (χ0n) is 15.2. The Morgan fingerprint density at radius 3 is 2.34 bits per heavy atom. The van der Waals surface area contributed by atoms with Crippen molar-refractivity contribution in [3.05, 3.63) is 94.8 Å². The molecule has 1 amide bonds. The first kappa shape index (κ1) is 20.7. The normalized spacial score (nSPS) is 12.3. The molecule has 150 valence electrons. The Hall–Kier alpha value is -3.06. The number of alkyl halides is 3. The van der Waals surface area contributed by atoms with Crippen molar-refractivity contribution in [2.75, 3.05) is 11.9 Å². The number of rotatable bonds is 4. The summed E-state index contributed by atoms with van der Waals surface area (Å²) in [5, 5.41) is 0.136. The third-order valence-corrected chi connectivity index (χ3v) is 4.61. The van der Waals surface area contributed by atoms with E-state index in [1.807, 2.05) is 0 Å². The highest BCUT2D eigenvalue weighted by atomic mass is 35.5. The van der Waals surface area contributed by atoms with Gasteiger partial charge in [-0.1, -0.05) is 48.0 Å². The van der Waals surface area contributed by atoms with Crippen molar-refractivity contribution in [2.24, 2.45) is 0 Å². The second kappa shape index (κ2) is 8.53. The van der Waals surface area contributed by atoms with Crippen molar-refractivity contribution >= 4 is 23.4 Å². The molecule has 0 radical (unpaired) electrons. The number of carbonyl (C=O) groups excluding carboxylic acids is 1. The Morgan fingerprint density at radius 1 is 1.03 bits per heavy atom. The van der Waals surface area contributed by atoms with Crippen LogP contribution in [0.2, 0.25) is 5.02 Å². The van der Waals surface area contributed by atoms with Gasteiger partial charge in [0.25, 0.3) is 0 Å². The highest BCUT2D eigenvalue weighted by Gasteiger charge is 2.37. The zero-order chi connectivity index (χ0) is 21.0. The van der Waals surface area contributed by atoms with Gasteiger partial charge in [-0.15, -0.1) is 0 Å². The second-order valence-electron chi connectivity index (χ2n) is 6.14. The van der Waals surface area contributed by atoms with Crippen molar-refractivity contribution in [1.29, 1.82) is 0 Å². The summed E-state index contributed by atoms with van der Waals surface area (Å²) in [4.78, 5) is 17.9. The van der Waals surface area contributed by atoms with Crippen LogP contribution in [0, 0.1) is 0 Å². The van der Waals surface area contributed by atoms with E-state index in [4.69, 9.17) is 16.3 Å². The first-order chi connectivity index (χ1) is 13.8. The maximum absolute atomic E-state index is 13.6. The van der Waals surface area contributed by atoms with E-state index in [1.165, 1.54) is 48.6 Å². The van der Waals surface area contributed by atoms with Crippen LogP contribution < -0.4 is 4.90 Å². The van der Waals surface area contributed by atoms with Crippen molar-refractivity contribution in [2.45, 2.75) is 12.3 Å². The summed E-state index contributed by atoms with van der Waals surface area (Å²) in [7, 11) is 1.47. The van der Waals surface area contributed by atoms with Gasteiger partial charge in [-0.2, -0.15) is 13.2 Å². The molecular formula is C21H16ClF3N2O2. The van der Waals surface area contributed by atoms with Crippen LogP contribution in [0.1, 0.15) is 22.8 Å². The predicted octanol–water partition coefficient (Wildman–Crippen LogP) is 6.12. The summed E-state index contributed by atoms with van der Waals surface area (Å²) in [5.74, 6) is 0. The lowest BCUT2D eigenvalue weighted by atomic mass is 9.97. The van der Waals surface area contributed by atoms with E-state index < -0.39 is 23.9 Å². The molecule has 0 bridgehead atoms. The number of benzene rings is 2. The number of para-hydroxylation sites is 1. The lowest BCUT2D eigenvalue weighted by Crippen LogP contribution is -2.29. The van der Waals surface area contributed by atoms with Crippen molar-refractivity contribution in [3.8, 4) is 0 Å². The number of carbonyl (C=O) groups is 1. The van der Waals surface area contributed by atoms with Crippen molar-refractivity contribution in [3.63, 3.8) is 0 Å². The maximum atomic E-state index is 13.6. The van der Waals surface area contributed by atoms with E-state index in [1.54, 1.807) is 30.3 Å². The molecule has 1 heterocycles. The van der Waals surface area contributed by atoms with E-state index in [2.05, 4.69) is 4.98 Å². The summed E-state index contributed by atoms with van der Waals surface area (Å²) >= 11 is 6.19. The summed E-state index contributed by atoms with van der Waals surface area (Å²) in [6.45, 7) is 0. The molecule has 0 N–H and O–H groups in total. The molecule has 1 unspecified atom stereocenters. The smallest absolute Gasteiger partial charge is 0.416 e. The molecule has 0 aliphatic rings. The van der Waals surface area contributed by atoms with Crippen LogP contribution in [-0.4, -0.2) is 18.1 Å². The summed E-state index contributed by atoms with van der Waals surface area (Å²) in [5.41, 5.74) is -0.469. The fourth-order valence-electron chi connectivity index (χ4n) is 2.80. The van der Waals surface area contributed by atoms with E-state index >= 15 is 0 Å². The van der Waals surface area contributed by atoms with Gasteiger partial charge in [0, 0.05) is 36.3 Å². The molecule has 0 aliphatic heterocycles. The van der Waals surface area contributed by atoms with Crippen LogP contribution in [0.25, 0.3) is 0 Å². The lowest BCUT2D eigenvalue weighted by Gasteiger charge is -2.25. The van der Waals surface area contributed by atoms with Gasteiger partial charge in [-0.05, 0) is 24.3 Å². The second-order valence-corrected chi connectivity index (χ2v) is 6.55. The molecule has 29 heavy (non-hydrogen) atoms. The number of anilines is 1. The molecule has 0 fully saturated rings. The summed E-state index contributed by atoms with van der Waals surface area (Å²) in [6.07, 6.45) is -4.18. The predicted molar refractivity (Wildman–Crippen MR) is 104 cm³/mol. The highest BCUT2D eigenvalue weighted by molar-refractivity contribution is 6.31. The summed E-state index contributed by atoms with van der Waals surface area (Å²) < 4.78 is 46.3. The van der Waals surface area contributed by atoms with Gasteiger partial charge in [-0.3, -0.25) is 9.88 Å². The van der Waals surface area contributed by atoms with Gasteiger partial charge >= 0.3 is 12.3 Å². The van der Waals surface area contributed by atoms with Gasteiger partial charge in [0.05, 0.1) is 10.6 Å². The zero-order valence-corrected chi connectivity index (χ0v) is 16.0. The minimum Gasteiger partial charge on any atom is -0.436 e. The average Bonchev–Trinajstić information content (AvgIpc) is 2.72. The van der Waals surface area contributed by atoms with Crippen molar-refractivity contribution in [1.82, 2.24) is 4.98 Å². The van der Waals surface area contributed by atoms with Gasteiger partial charge in [0.15, 0.2) is 6.10 Å². The molecule has 1 atom stereocenters. The quantitative estimate of drug-likeness (QED) is 0.511. The molecular weight excluding hydrogens is 405 g/mol. The van der Waals surface area contributed by atoms with Gasteiger partial charge in [0.2, 0.25) is 0 Å². The molecule has 8 heteroatoms. The van der Waals surface area contributed by atoms with Crippen LogP contribution >= 0.6 is 11.6 Å². The van der Waals surface area contributed by atoms with Gasteiger partial charge in [-0.25, -0.2) is 4.79 Å². The third kappa shape index (κ3) is 4.68. The Labute approximate surface area is 170 Å². The molecule has 0 saturated heterocycles. The Morgan fingerprint density at radius 2 is 1.69 bits per heavy atom. The Balaban J connectivity index is 2.04. The number of ether oxygens (including phenoxy) is 1. The number of amides is 1. The minimum absolute atomic E-state index is 0.136. The standard InChI is InChI=1S/C21H16ClF3N2O2/c1-27(14-7-3-2-4-8-14)20(28)29-19(16-13-26-12-11-18(16)22)15-9-5-6-10-17(15)21(23,24)25/h2-13,19H,1H3.